The van der Waals surface area contributed by atoms with E-state index in [9.17, 15) is 0 Å². The lowest BCUT2D eigenvalue weighted by Gasteiger charge is -1.86. The van der Waals surface area contributed by atoms with Crippen molar-refractivity contribution in [3.05, 3.63) is 25.5 Å². The van der Waals surface area contributed by atoms with Gasteiger partial charge in [-0.25, -0.2) is 0 Å². The van der Waals surface area contributed by atoms with Gasteiger partial charge in [0.2, 0.25) is 0 Å². The van der Waals surface area contributed by atoms with Crippen molar-refractivity contribution in [2.45, 2.75) is 6.92 Å². The first kappa shape index (κ1) is 16.4. The molecular formula is C7H14O4. The molecule has 0 aliphatic rings. The van der Waals surface area contributed by atoms with Crippen molar-refractivity contribution < 1.29 is 20.1 Å². The van der Waals surface area contributed by atoms with E-state index in [2.05, 4.69) is 17.9 Å². The molecule has 0 aromatic heterocycles. The van der Waals surface area contributed by atoms with Gasteiger partial charge in [0.25, 0.3) is 5.97 Å². The lowest BCUT2D eigenvalue weighted by molar-refractivity contribution is -0.134. The molecule has 0 bridgehead atoms. The fraction of sp³-hybridized carbons (Fsp3) is 0.286. The van der Waals surface area contributed by atoms with Crippen molar-refractivity contribution in [2.24, 2.45) is 0 Å². The highest BCUT2D eigenvalue weighted by Gasteiger charge is 1.65. The maximum Gasteiger partial charge on any atom is 0.300 e. The van der Waals surface area contributed by atoms with Crippen LogP contribution in [-0.2, 0) is 9.53 Å². The van der Waals surface area contributed by atoms with Gasteiger partial charge in [0.1, 0.15) is 6.61 Å². The molecule has 0 aliphatic heterocycles. The average Bonchev–Trinajstić information content (AvgIpc) is 1.82. The highest BCUT2D eigenvalue weighted by molar-refractivity contribution is 5.62. The Morgan fingerprint density at radius 3 is 2.09 bits per heavy atom. The van der Waals surface area contributed by atoms with Crippen LogP contribution in [0.3, 0.4) is 0 Å². The third kappa shape index (κ3) is 134. The summed E-state index contributed by atoms with van der Waals surface area (Å²) in [6, 6.07) is 0. The van der Waals surface area contributed by atoms with Crippen LogP contribution < -0.4 is 0 Å². The number of carbonyl (C=O) groups is 1. The smallest absolute Gasteiger partial charge is 0.300 e. The van der Waals surface area contributed by atoms with Crippen molar-refractivity contribution >= 4 is 5.97 Å². The molecule has 0 saturated heterocycles. The quantitative estimate of drug-likeness (QED) is 0.375. The largest absolute Gasteiger partial charge is 0.498 e. The van der Waals surface area contributed by atoms with Crippen molar-refractivity contribution in [1.82, 2.24) is 0 Å². The van der Waals surface area contributed by atoms with Crippen molar-refractivity contribution in [1.29, 1.82) is 0 Å². The van der Waals surface area contributed by atoms with E-state index in [-0.39, 0.29) is 5.48 Å². The van der Waals surface area contributed by atoms with E-state index < -0.39 is 5.97 Å². The van der Waals surface area contributed by atoms with Crippen LogP contribution in [0.1, 0.15) is 6.92 Å². The van der Waals surface area contributed by atoms with Crippen LogP contribution in [0, 0.1) is 0 Å². The summed E-state index contributed by atoms with van der Waals surface area (Å²) in [5.74, 6) is -0.833. The van der Waals surface area contributed by atoms with E-state index in [0.717, 1.165) is 6.92 Å². The van der Waals surface area contributed by atoms with Gasteiger partial charge >= 0.3 is 0 Å². The number of aliphatic carboxylic acids is 1. The van der Waals surface area contributed by atoms with Gasteiger partial charge in [0.05, 0.1) is 6.26 Å². The Morgan fingerprint density at radius 2 is 2.00 bits per heavy atom. The van der Waals surface area contributed by atoms with Crippen LogP contribution in [0.15, 0.2) is 25.5 Å². The SMILES string of the molecule is C=CCOC=C.CC(=O)O.O. The highest BCUT2D eigenvalue weighted by atomic mass is 16.5. The van der Waals surface area contributed by atoms with E-state index in [1.54, 1.807) is 6.08 Å². The number of rotatable bonds is 3. The monoisotopic (exact) mass is 162 g/mol. The average molecular weight is 162 g/mol. The van der Waals surface area contributed by atoms with E-state index in [1.807, 2.05) is 0 Å². The minimum atomic E-state index is -0.833. The summed E-state index contributed by atoms with van der Waals surface area (Å²) in [6.07, 6.45) is 3.06. The van der Waals surface area contributed by atoms with Crippen molar-refractivity contribution in [3.63, 3.8) is 0 Å². The Bertz CT molecular complexity index is 97.0. The minimum Gasteiger partial charge on any atom is -0.498 e. The van der Waals surface area contributed by atoms with Gasteiger partial charge in [-0.1, -0.05) is 19.2 Å². The summed E-state index contributed by atoms with van der Waals surface area (Å²) < 4.78 is 4.63. The molecule has 0 spiro atoms. The van der Waals surface area contributed by atoms with Gasteiger partial charge in [-0.2, -0.15) is 0 Å². The summed E-state index contributed by atoms with van der Waals surface area (Å²) >= 11 is 0. The number of ether oxygens (including phenoxy) is 1. The first-order chi connectivity index (χ1) is 4.65. The fourth-order valence-electron chi connectivity index (χ4n) is 0.136. The first-order valence-electron chi connectivity index (χ1n) is 2.68. The number of hydrogen-bond acceptors (Lipinski definition) is 2. The van der Waals surface area contributed by atoms with E-state index >= 15 is 0 Å². The Morgan fingerprint density at radius 1 is 1.64 bits per heavy atom. The molecule has 0 atom stereocenters. The topological polar surface area (TPSA) is 78.0 Å². The number of carboxylic acids is 1. The molecule has 66 valence electrons. The fourth-order valence-corrected chi connectivity index (χ4v) is 0.136. The van der Waals surface area contributed by atoms with Gasteiger partial charge in [0.15, 0.2) is 0 Å². The summed E-state index contributed by atoms with van der Waals surface area (Å²) in [5, 5.41) is 7.42. The van der Waals surface area contributed by atoms with Gasteiger partial charge < -0.3 is 15.3 Å². The molecular weight excluding hydrogens is 148 g/mol. The molecule has 0 radical (unpaired) electrons. The zero-order valence-corrected chi connectivity index (χ0v) is 6.54. The van der Waals surface area contributed by atoms with Crippen LogP contribution in [0.4, 0.5) is 0 Å². The van der Waals surface area contributed by atoms with Crippen LogP contribution in [0.2, 0.25) is 0 Å². The van der Waals surface area contributed by atoms with Gasteiger partial charge in [-0.3, -0.25) is 4.79 Å². The number of carboxylic acid groups (broad SMARTS) is 1. The normalized spacial score (nSPS) is 5.91. The van der Waals surface area contributed by atoms with Gasteiger partial charge in [-0.05, 0) is 0 Å². The lowest BCUT2D eigenvalue weighted by Crippen LogP contribution is -1.78. The third-order valence-corrected chi connectivity index (χ3v) is 0.332. The molecule has 0 saturated carbocycles. The molecule has 4 heteroatoms. The molecule has 0 amide bonds. The molecule has 0 aromatic carbocycles. The van der Waals surface area contributed by atoms with E-state index in [0.29, 0.717) is 6.61 Å². The van der Waals surface area contributed by atoms with Crippen molar-refractivity contribution in [2.75, 3.05) is 6.61 Å². The summed E-state index contributed by atoms with van der Waals surface area (Å²) in [6.45, 7) is 8.40. The van der Waals surface area contributed by atoms with E-state index in [4.69, 9.17) is 9.90 Å². The molecule has 11 heavy (non-hydrogen) atoms. The summed E-state index contributed by atoms with van der Waals surface area (Å²) in [5.41, 5.74) is 0. The Kier molecular flexibility index (Phi) is 23.6. The standard InChI is InChI=1S/C5H8O.C2H4O2.H2O/c1-3-5-6-4-2;1-2(3)4;/h3-4H,1-2,5H2;1H3,(H,3,4);1H2. The molecule has 0 heterocycles. The van der Waals surface area contributed by atoms with E-state index in [1.165, 1.54) is 6.26 Å². The predicted molar refractivity (Wildman–Crippen MR) is 43.3 cm³/mol. The molecule has 0 unspecified atom stereocenters. The van der Waals surface area contributed by atoms with Gasteiger partial charge in [-0.15, -0.1) is 0 Å². The van der Waals surface area contributed by atoms with Crippen LogP contribution in [-0.4, -0.2) is 23.2 Å². The molecule has 3 N–H and O–H groups in total. The highest BCUT2D eigenvalue weighted by Crippen LogP contribution is 1.69. The van der Waals surface area contributed by atoms with Crippen LogP contribution in [0.25, 0.3) is 0 Å². The van der Waals surface area contributed by atoms with Gasteiger partial charge in [0, 0.05) is 6.92 Å². The second kappa shape index (κ2) is 15.9. The minimum absolute atomic E-state index is 0. The second-order valence-electron chi connectivity index (χ2n) is 1.31. The summed E-state index contributed by atoms with van der Waals surface area (Å²) in [7, 11) is 0. The first-order valence-corrected chi connectivity index (χ1v) is 2.68. The molecule has 4 nitrogen and oxygen atoms in total. The molecule has 0 fully saturated rings. The van der Waals surface area contributed by atoms with Crippen molar-refractivity contribution in [3.8, 4) is 0 Å². The number of hydrogen-bond donors (Lipinski definition) is 1. The third-order valence-electron chi connectivity index (χ3n) is 0.332. The Hall–Kier alpha value is -1.29. The van der Waals surface area contributed by atoms with Crippen LogP contribution in [0.5, 0.6) is 0 Å². The zero-order valence-electron chi connectivity index (χ0n) is 6.54. The lowest BCUT2D eigenvalue weighted by atomic mass is 10.7. The summed E-state index contributed by atoms with van der Waals surface area (Å²) in [4.78, 5) is 9.00. The molecule has 0 aromatic rings. The Balaban J connectivity index is -0.000000114. The maximum atomic E-state index is 9.00. The molecule has 0 rings (SSSR count). The predicted octanol–water partition coefficient (Wildman–Crippen LogP) is 0.599. The van der Waals surface area contributed by atoms with Crippen LogP contribution >= 0.6 is 0 Å². The molecule has 0 aliphatic carbocycles. The second-order valence-corrected chi connectivity index (χ2v) is 1.31. The maximum absolute atomic E-state index is 9.00. The Labute approximate surface area is 66.1 Å². The zero-order chi connectivity index (χ0) is 8.41.